The largest absolute Gasteiger partial charge is 0.492 e. The number of aliphatic hydroxyl groups excluding tert-OH is 1. The summed E-state index contributed by atoms with van der Waals surface area (Å²) in [6, 6.07) is 13.7. The quantitative estimate of drug-likeness (QED) is 0.672. The van der Waals surface area contributed by atoms with Crippen LogP contribution in [0.2, 0.25) is 0 Å². The van der Waals surface area contributed by atoms with Crippen molar-refractivity contribution >= 4 is 11.9 Å². The lowest BCUT2D eigenvalue weighted by Gasteiger charge is -2.21. The average Bonchev–Trinajstić information content (AvgIpc) is 2.80. The van der Waals surface area contributed by atoms with Crippen molar-refractivity contribution in [2.75, 3.05) is 13.2 Å². The van der Waals surface area contributed by atoms with Crippen LogP contribution in [-0.2, 0) is 4.79 Å². The lowest BCUT2D eigenvalue weighted by molar-refractivity contribution is -0.131. The molecule has 1 amide bonds. The fourth-order valence-electron chi connectivity index (χ4n) is 2.63. The first-order valence-corrected chi connectivity index (χ1v) is 7.55. The third kappa shape index (κ3) is 3.23. The van der Waals surface area contributed by atoms with E-state index in [1.165, 1.54) is 11.8 Å². The van der Waals surface area contributed by atoms with Gasteiger partial charge in [-0.15, -0.1) is 0 Å². The number of hydrogen-bond donors (Lipinski definition) is 1. The first kappa shape index (κ1) is 16.0. The normalized spacial score (nSPS) is 16.0. The zero-order valence-electron chi connectivity index (χ0n) is 13.1. The Morgan fingerprint density at radius 2 is 1.92 bits per heavy atom. The summed E-state index contributed by atoms with van der Waals surface area (Å²) in [7, 11) is 0. The highest BCUT2D eigenvalue weighted by Crippen LogP contribution is 2.31. The van der Waals surface area contributed by atoms with Crippen molar-refractivity contribution in [2.45, 2.75) is 13.2 Å². The molecule has 1 aliphatic heterocycles. The molecular weight excluding hydrogens is 310 g/mol. The second-order valence-electron chi connectivity index (χ2n) is 5.38. The smallest absolute Gasteiger partial charge is 0.308 e. The highest BCUT2D eigenvalue weighted by atomic mass is 16.5. The molecule has 0 aliphatic carbocycles. The van der Waals surface area contributed by atoms with Crippen molar-refractivity contribution < 1.29 is 24.2 Å². The van der Waals surface area contributed by atoms with Crippen LogP contribution in [0.1, 0.15) is 29.1 Å². The van der Waals surface area contributed by atoms with Gasteiger partial charge in [-0.1, -0.05) is 24.3 Å². The van der Waals surface area contributed by atoms with Crippen LogP contribution in [0.3, 0.4) is 0 Å². The second kappa shape index (κ2) is 6.72. The van der Waals surface area contributed by atoms with Gasteiger partial charge in [-0.3, -0.25) is 9.59 Å². The van der Waals surface area contributed by atoms with E-state index in [9.17, 15) is 14.7 Å². The van der Waals surface area contributed by atoms with Crippen molar-refractivity contribution in [2.24, 2.45) is 0 Å². The minimum absolute atomic E-state index is 0.209. The third-order valence-electron chi connectivity index (χ3n) is 3.69. The Labute approximate surface area is 139 Å². The summed E-state index contributed by atoms with van der Waals surface area (Å²) >= 11 is 0. The molecule has 0 spiro atoms. The van der Waals surface area contributed by atoms with Crippen molar-refractivity contribution in [3.05, 3.63) is 59.7 Å². The van der Waals surface area contributed by atoms with Gasteiger partial charge in [0.25, 0.3) is 5.91 Å². The van der Waals surface area contributed by atoms with Gasteiger partial charge in [-0.2, -0.15) is 0 Å². The molecule has 0 bridgehead atoms. The first-order chi connectivity index (χ1) is 11.6. The summed E-state index contributed by atoms with van der Waals surface area (Å²) in [6.07, 6.45) is -0.954. The minimum atomic E-state index is -0.954. The van der Waals surface area contributed by atoms with Crippen molar-refractivity contribution in [3.8, 4) is 11.5 Å². The number of amides is 1. The molecule has 0 fully saturated rings. The molecule has 0 aromatic heterocycles. The molecule has 124 valence electrons. The molecule has 1 heterocycles. The number of fused-ring (bicyclic) bond motifs is 1. The molecule has 1 aliphatic rings. The summed E-state index contributed by atoms with van der Waals surface area (Å²) in [5.74, 6) is 0.295. The maximum atomic E-state index is 12.3. The number of carbonyl (C=O) groups excluding carboxylic acids is 2. The highest BCUT2D eigenvalue weighted by molar-refractivity contribution is 5.98. The SMILES string of the molecule is CC(=O)Oc1cccc(OCCN2C(=O)c3ccccc3C2O)c1. The van der Waals surface area contributed by atoms with E-state index in [1.54, 1.807) is 48.5 Å². The summed E-state index contributed by atoms with van der Waals surface area (Å²) in [5.41, 5.74) is 1.13. The summed E-state index contributed by atoms with van der Waals surface area (Å²) in [4.78, 5) is 24.6. The molecule has 0 saturated heterocycles. The van der Waals surface area contributed by atoms with Gasteiger partial charge in [-0.05, 0) is 18.2 Å². The van der Waals surface area contributed by atoms with Gasteiger partial charge in [0.1, 0.15) is 18.1 Å². The van der Waals surface area contributed by atoms with Crippen LogP contribution >= 0.6 is 0 Å². The monoisotopic (exact) mass is 327 g/mol. The van der Waals surface area contributed by atoms with Crippen LogP contribution in [0.4, 0.5) is 0 Å². The fraction of sp³-hybridized carbons (Fsp3) is 0.222. The average molecular weight is 327 g/mol. The van der Waals surface area contributed by atoms with Crippen molar-refractivity contribution in [1.82, 2.24) is 4.90 Å². The zero-order chi connectivity index (χ0) is 17.1. The van der Waals surface area contributed by atoms with Crippen LogP contribution in [0.15, 0.2) is 48.5 Å². The molecule has 1 N–H and O–H groups in total. The van der Waals surface area contributed by atoms with E-state index in [2.05, 4.69) is 0 Å². The number of aliphatic hydroxyl groups is 1. The second-order valence-corrected chi connectivity index (χ2v) is 5.38. The lowest BCUT2D eigenvalue weighted by Crippen LogP contribution is -2.32. The Balaban J connectivity index is 1.60. The molecule has 2 aromatic rings. The van der Waals surface area contributed by atoms with Crippen LogP contribution in [0, 0.1) is 0 Å². The maximum Gasteiger partial charge on any atom is 0.308 e. The zero-order valence-corrected chi connectivity index (χ0v) is 13.1. The van der Waals surface area contributed by atoms with E-state index in [0.29, 0.717) is 22.6 Å². The predicted octanol–water partition coefficient (Wildman–Crippen LogP) is 2.14. The van der Waals surface area contributed by atoms with Gasteiger partial charge in [-0.25, -0.2) is 0 Å². The number of nitrogens with zero attached hydrogens (tertiary/aromatic N) is 1. The van der Waals surface area contributed by atoms with E-state index in [0.717, 1.165) is 0 Å². The van der Waals surface area contributed by atoms with Gasteiger partial charge in [0.15, 0.2) is 6.23 Å². The maximum absolute atomic E-state index is 12.3. The molecule has 0 saturated carbocycles. The number of esters is 1. The van der Waals surface area contributed by atoms with Gasteiger partial charge in [0, 0.05) is 24.1 Å². The molecule has 6 nitrogen and oxygen atoms in total. The summed E-state index contributed by atoms with van der Waals surface area (Å²) < 4.78 is 10.6. The van der Waals surface area contributed by atoms with E-state index >= 15 is 0 Å². The fourth-order valence-corrected chi connectivity index (χ4v) is 2.63. The first-order valence-electron chi connectivity index (χ1n) is 7.55. The Bertz CT molecular complexity index is 774. The Kier molecular flexibility index (Phi) is 4.48. The standard InChI is InChI=1S/C18H17NO5/c1-12(20)24-14-6-4-5-13(11-14)23-10-9-19-17(21)15-7-2-3-8-16(15)18(19)22/h2-8,11,17,21H,9-10H2,1H3. The number of benzene rings is 2. The highest BCUT2D eigenvalue weighted by Gasteiger charge is 2.34. The van der Waals surface area contributed by atoms with E-state index in [4.69, 9.17) is 9.47 Å². The number of rotatable bonds is 5. The van der Waals surface area contributed by atoms with Crippen molar-refractivity contribution in [3.63, 3.8) is 0 Å². The van der Waals surface area contributed by atoms with Crippen LogP contribution < -0.4 is 9.47 Å². The molecule has 2 aromatic carbocycles. The minimum Gasteiger partial charge on any atom is -0.492 e. The van der Waals surface area contributed by atoms with Crippen molar-refractivity contribution in [1.29, 1.82) is 0 Å². The Morgan fingerprint density at radius 1 is 1.17 bits per heavy atom. The molecule has 1 unspecified atom stereocenters. The molecule has 6 heteroatoms. The van der Waals surface area contributed by atoms with E-state index < -0.39 is 12.2 Å². The molecule has 0 radical (unpaired) electrons. The third-order valence-corrected chi connectivity index (χ3v) is 3.69. The van der Waals surface area contributed by atoms with Crippen LogP contribution in [-0.4, -0.2) is 35.0 Å². The van der Waals surface area contributed by atoms with Crippen LogP contribution in [0.25, 0.3) is 0 Å². The molecule has 24 heavy (non-hydrogen) atoms. The van der Waals surface area contributed by atoms with E-state index in [1.807, 2.05) is 0 Å². The summed E-state index contributed by atoms with van der Waals surface area (Å²) in [5, 5.41) is 10.2. The topological polar surface area (TPSA) is 76.1 Å². The Morgan fingerprint density at radius 3 is 2.67 bits per heavy atom. The van der Waals surface area contributed by atoms with Gasteiger partial charge >= 0.3 is 5.97 Å². The number of hydrogen-bond acceptors (Lipinski definition) is 5. The molecule has 1 atom stereocenters. The summed E-state index contributed by atoms with van der Waals surface area (Å²) in [6.45, 7) is 1.78. The predicted molar refractivity (Wildman–Crippen MR) is 85.7 cm³/mol. The molecule has 3 rings (SSSR count). The lowest BCUT2D eigenvalue weighted by atomic mass is 10.1. The number of carbonyl (C=O) groups is 2. The van der Waals surface area contributed by atoms with Gasteiger partial charge < -0.3 is 19.5 Å². The van der Waals surface area contributed by atoms with Crippen LogP contribution in [0.5, 0.6) is 11.5 Å². The van der Waals surface area contributed by atoms with Gasteiger partial charge in [0.2, 0.25) is 0 Å². The molecular formula is C18H17NO5. The van der Waals surface area contributed by atoms with Gasteiger partial charge in [0.05, 0.1) is 6.54 Å². The van der Waals surface area contributed by atoms with E-state index in [-0.39, 0.29) is 19.1 Å². The Hall–Kier alpha value is -2.86. The number of ether oxygens (including phenoxy) is 2.